The molecule has 1 unspecified atom stereocenters. The molecule has 0 radical (unpaired) electrons. The van der Waals surface area contributed by atoms with Gasteiger partial charge in [-0.2, -0.15) is 0 Å². The molecule has 0 aliphatic carbocycles. The van der Waals surface area contributed by atoms with Gasteiger partial charge in [0.15, 0.2) is 4.34 Å². The van der Waals surface area contributed by atoms with Crippen molar-refractivity contribution >= 4 is 34.7 Å². The van der Waals surface area contributed by atoms with Crippen molar-refractivity contribution in [2.24, 2.45) is 0 Å². The lowest BCUT2D eigenvalue weighted by Gasteiger charge is -2.02. The van der Waals surface area contributed by atoms with Gasteiger partial charge in [-0.15, -0.1) is 11.3 Å². The Kier molecular flexibility index (Phi) is 5.14. The smallest absolute Gasteiger partial charge is 0.152 e. The average Bonchev–Trinajstić information content (AvgIpc) is 2.55. The summed E-state index contributed by atoms with van der Waals surface area (Å²) in [5.41, 5.74) is 0. The standard InChI is InChI=1S/C7H10ClNO3S2/c8-6-5(2-11)14-7(9-6)13-3-4(12)1-10/h4,10-12H,1-3H2. The second kappa shape index (κ2) is 5.89. The lowest BCUT2D eigenvalue weighted by atomic mass is 10.4. The van der Waals surface area contributed by atoms with E-state index in [1.807, 2.05) is 0 Å². The molecule has 0 saturated carbocycles. The van der Waals surface area contributed by atoms with E-state index in [0.717, 1.165) is 0 Å². The molecule has 1 heterocycles. The van der Waals surface area contributed by atoms with Crippen molar-refractivity contribution in [3.63, 3.8) is 0 Å². The molecule has 0 amide bonds. The third-order valence-electron chi connectivity index (χ3n) is 1.38. The van der Waals surface area contributed by atoms with Crippen LogP contribution in [0.2, 0.25) is 5.15 Å². The maximum Gasteiger partial charge on any atom is 0.152 e. The number of thiazole rings is 1. The Bertz CT molecular complexity index is 294. The van der Waals surface area contributed by atoms with Crippen molar-refractivity contribution in [1.82, 2.24) is 4.98 Å². The predicted molar refractivity (Wildman–Crippen MR) is 56.9 cm³/mol. The number of rotatable bonds is 5. The average molecular weight is 256 g/mol. The minimum Gasteiger partial charge on any atom is -0.394 e. The van der Waals surface area contributed by atoms with Crippen LogP contribution in [0.15, 0.2) is 4.34 Å². The van der Waals surface area contributed by atoms with E-state index in [1.165, 1.54) is 23.1 Å². The van der Waals surface area contributed by atoms with Crippen LogP contribution in [0.5, 0.6) is 0 Å². The normalized spacial score (nSPS) is 13.1. The molecule has 0 spiro atoms. The summed E-state index contributed by atoms with van der Waals surface area (Å²) in [6.07, 6.45) is -0.750. The van der Waals surface area contributed by atoms with E-state index in [9.17, 15) is 0 Å². The monoisotopic (exact) mass is 255 g/mol. The molecule has 0 bridgehead atoms. The molecule has 80 valence electrons. The van der Waals surface area contributed by atoms with E-state index in [0.29, 0.717) is 20.1 Å². The Morgan fingerprint density at radius 3 is 2.71 bits per heavy atom. The Morgan fingerprint density at radius 2 is 2.21 bits per heavy atom. The summed E-state index contributed by atoms with van der Waals surface area (Å²) in [5, 5.41) is 26.8. The van der Waals surface area contributed by atoms with Gasteiger partial charge in [0, 0.05) is 5.75 Å². The first-order chi connectivity index (χ1) is 6.67. The van der Waals surface area contributed by atoms with E-state index in [1.54, 1.807) is 0 Å². The molecule has 3 N–H and O–H groups in total. The first-order valence-corrected chi connectivity index (χ1v) is 6.03. The third kappa shape index (κ3) is 3.38. The third-order valence-corrected chi connectivity index (χ3v) is 4.14. The Labute approximate surface area is 94.6 Å². The minimum atomic E-state index is -0.750. The molecule has 0 saturated heterocycles. The summed E-state index contributed by atoms with van der Waals surface area (Å²) in [5.74, 6) is 0.366. The van der Waals surface area contributed by atoms with Crippen LogP contribution in [0.1, 0.15) is 4.88 Å². The van der Waals surface area contributed by atoms with Crippen LogP contribution in [0.25, 0.3) is 0 Å². The maximum absolute atomic E-state index is 9.08. The summed E-state index contributed by atoms with van der Waals surface area (Å²) < 4.78 is 0.687. The van der Waals surface area contributed by atoms with E-state index in [-0.39, 0.29) is 13.2 Å². The van der Waals surface area contributed by atoms with Gasteiger partial charge >= 0.3 is 0 Å². The molecule has 0 aliphatic heterocycles. The van der Waals surface area contributed by atoms with Crippen molar-refractivity contribution in [2.75, 3.05) is 12.4 Å². The van der Waals surface area contributed by atoms with Crippen LogP contribution in [-0.4, -0.2) is 38.8 Å². The summed E-state index contributed by atoms with van der Waals surface area (Å²) in [6, 6.07) is 0. The molecule has 1 aromatic rings. The van der Waals surface area contributed by atoms with Crippen molar-refractivity contribution < 1.29 is 15.3 Å². The zero-order chi connectivity index (χ0) is 10.6. The van der Waals surface area contributed by atoms with Crippen LogP contribution >= 0.6 is 34.7 Å². The second-order valence-corrected chi connectivity index (χ2v) is 5.21. The Balaban J connectivity index is 2.51. The van der Waals surface area contributed by atoms with Crippen LogP contribution in [0, 0.1) is 0 Å². The van der Waals surface area contributed by atoms with Crippen molar-refractivity contribution in [1.29, 1.82) is 0 Å². The zero-order valence-corrected chi connectivity index (χ0v) is 9.57. The van der Waals surface area contributed by atoms with E-state index < -0.39 is 6.10 Å². The molecule has 7 heteroatoms. The lowest BCUT2D eigenvalue weighted by molar-refractivity contribution is 0.113. The van der Waals surface area contributed by atoms with Crippen LogP contribution in [0.4, 0.5) is 0 Å². The largest absolute Gasteiger partial charge is 0.394 e. The molecule has 1 rings (SSSR count). The van der Waals surface area contributed by atoms with Crippen molar-refractivity contribution in [2.45, 2.75) is 17.1 Å². The summed E-state index contributed by atoms with van der Waals surface area (Å²) in [7, 11) is 0. The Hall–Kier alpha value is 0.150. The van der Waals surface area contributed by atoms with Crippen molar-refractivity contribution in [3.8, 4) is 0 Å². The summed E-state index contributed by atoms with van der Waals surface area (Å²) >= 11 is 8.30. The molecule has 0 aliphatic rings. The van der Waals surface area contributed by atoms with Crippen LogP contribution in [0.3, 0.4) is 0 Å². The molecule has 0 fully saturated rings. The van der Waals surface area contributed by atoms with E-state index in [2.05, 4.69) is 4.98 Å². The SMILES string of the molecule is OCc1sc(SCC(O)CO)nc1Cl. The van der Waals surface area contributed by atoms with Gasteiger partial charge in [-0.05, 0) is 0 Å². The molecule has 4 nitrogen and oxygen atoms in total. The minimum absolute atomic E-state index is 0.125. The quantitative estimate of drug-likeness (QED) is 0.677. The Morgan fingerprint density at radius 1 is 1.50 bits per heavy atom. The highest BCUT2D eigenvalue weighted by atomic mass is 35.5. The van der Waals surface area contributed by atoms with Gasteiger partial charge in [0.1, 0.15) is 5.15 Å². The second-order valence-electron chi connectivity index (χ2n) is 2.50. The fourth-order valence-electron chi connectivity index (χ4n) is 0.692. The number of nitrogens with zero attached hydrogens (tertiary/aromatic N) is 1. The molecular formula is C7H10ClNO3S2. The molecule has 1 atom stereocenters. The van der Waals surface area contributed by atoms with Gasteiger partial charge in [-0.3, -0.25) is 0 Å². The van der Waals surface area contributed by atoms with Gasteiger partial charge in [0.05, 0.1) is 24.2 Å². The number of aliphatic hydroxyl groups excluding tert-OH is 3. The summed E-state index contributed by atoms with van der Waals surface area (Å²) in [6.45, 7) is -0.390. The van der Waals surface area contributed by atoms with Gasteiger partial charge in [0.25, 0.3) is 0 Å². The van der Waals surface area contributed by atoms with E-state index >= 15 is 0 Å². The maximum atomic E-state index is 9.08. The zero-order valence-electron chi connectivity index (χ0n) is 7.18. The highest BCUT2D eigenvalue weighted by Gasteiger charge is 2.10. The number of halogens is 1. The topological polar surface area (TPSA) is 73.6 Å². The highest BCUT2D eigenvalue weighted by molar-refractivity contribution is 8.01. The van der Waals surface area contributed by atoms with Gasteiger partial charge in [-0.25, -0.2) is 4.98 Å². The molecule has 0 aromatic carbocycles. The first kappa shape index (κ1) is 12.2. The van der Waals surface area contributed by atoms with Crippen LogP contribution < -0.4 is 0 Å². The number of aromatic nitrogens is 1. The van der Waals surface area contributed by atoms with Gasteiger partial charge in [-0.1, -0.05) is 23.4 Å². The number of hydrogen-bond donors (Lipinski definition) is 3. The fraction of sp³-hybridized carbons (Fsp3) is 0.571. The van der Waals surface area contributed by atoms with E-state index in [4.69, 9.17) is 26.9 Å². The summed E-state index contributed by atoms with van der Waals surface area (Å²) in [4.78, 5) is 4.60. The van der Waals surface area contributed by atoms with Gasteiger partial charge < -0.3 is 15.3 Å². The highest BCUT2D eigenvalue weighted by Crippen LogP contribution is 2.30. The molecule has 1 aromatic heterocycles. The molecule has 14 heavy (non-hydrogen) atoms. The number of thioether (sulfide) groups is 1. The number of aliphatic hydroxyl groups is 3. The van der Waals surface area contributed by atoms with Crippen molar-refractivity contribution in [3.05, 3.63) is 10.0 Å². The first-order valence-electron chi connectivity index (χ1n) is 3.85. The van der Waals surface area contributed by atoms with Gasteiger partial charge in [0.2, 0.25) is 0 Å². The molecular weight excluding hydrogens is 246 g/mol. The lowest BCUT2D eigenvalue weighted by Crippen LogP contribution is -2.14. The van der Waals surface area contributed by atoms with Crippen LogP contribution in [-0.2, 0) is 6.61 Å². The predicted octanol–water partition coefficient (Wildman–Crippen LogP) is 0.734. The fourth-order valence-corrected chi connectivity index (χ4v) is 2.93. The number of hydrogen-bond acceptors (Lipinski definition) is 6.